The van der Waals surface area contributed by atoms with Gasteiger partial charge in [0.2, 0.25) is 0 Å². The van der Waals surface area contributed by atoms with Crippen molar-refractivity contribution >= 4 is 11.5 Å². The quantitative estimate of drug-likeness (QED) is 0.939. The number of likely N-dealkylation sites (N-methyl/N-ethyl adjacent to an activating group) is 1. The highest BCUT2D eigenvalue weighted by Crippen LogP contribution is 2.31. The summed E-state index contributed by atoms with van der Waals surface area (Å²) < 4.78 is 26.9. The van der Waals surface area contributed by atoms with Crippen LogP contribution in [0.4, 0.5) is 20.3 Å². The van der Waals surface area contributed by atoms with Gasteiger partial charge in [-0.05, 0) is 18.7 Å². The van der Waals surface area contributed by atoms with Gasteiger partial charge >= 0.3 is 0 Å². The Morgan fingerprint density at radius 3 is 2.30 bits per heavy atom. The van der Waals surface area contributed by atoms with Crippen LogP contribution in [0.2, 0.25) is 0 Å². The number of piperazine rings is 1. The van der Waals surface area contributed by atoms with Gasteiger partial charge in [-0.25, -0.2) is 18.7 Å². The van der Waals surface area contributed by atoms with Crippen molar-refractivity contribution in [3.63, 3.8) is 0 Å². The highest BCUT2D eigenvalue weighted by Gasteiger charge is 2.21. The second-order valence-corrected chi connectivity index (χ2v) is 5.54. The number of nitrogens with zero attached hydrogens (tertiary/aromatic N) is 4. The number of nitrogen functional groups attached to an aromatic ring is 1. The summed E-state index contributed by atoms with van der Waals surface area (Å²) in [5.74, 6) is -0.692. The number of halogens is 2. The summed E-state index contributed by atoms with van der Waals surface area (Å²) in [5.41, 5.74) is 7.21. The highest BCUT2D eigenvalue weighted by molar-refractivity contribution is 5.80. The normalized spacial score (nSPS) is 15.9. The summed E-state index contributed by atoms with van der Waals surface area (Å²) in [5, 5.41) is 0. The molecule has 5 nitrogen and oxygen atoms in total. The maximum Gasteiger partial charge on any atom is 0.155 e. The molecule has 7 heteroatoms. The molecule has 0 atom stereocenters. The lowest BCUT2D eigenvalue weighted by Gasteiger charge is -2.35. The van der Waals surface area contributed by atoms with Crippen molar-refractivity contribution in [2.75, 3.05) is 43.4 Å². The van der Waals surface area contributed by atoms with Gasteiger partial charge in [-0.3, -0.25) is 0 Å². The fourth-order valence-electron chi connectivity index (χ4n) is 2.83. The van der Waals surface area contributed by atoms with Gasteiger partial charge in [-0.15, -0.1) is 0 Å². The second-order valence-electron chi connectivity index (χ2n) is 5.54. The van der Waals surface area contributed by atoms with E-state index in [0.717, 1.165) is 38.8 Å². The van der Waals surface area contributed by atoms with E-state index < -0.39 is 11.6 Å². The molecule has 0 spiro atoms. The zero-order valence-electron chi connectivity index (χ0n) is 13.0. The minimum Gasteiger partial charge on any atom is -0.394 e. The first kappa shape index (κ1) is 15.6. The summed E-state index contributed by atoms with van der Waals surface area (Å²) in [7, 11) is 0. The SMILES string of the molecule is CCN1CCN(c2ncnc(-c3cc(F)cc(F)c3)c2N)CC1. The molecule has 0 bridgehead atoms. The van der Waals surface area contributed by atoms with Gasteiger partial charge in [0.15, 0.2) is 5.82 Å². The van der Waals surface area contributed by atoms with Crippen LogP contribution in [0.1, 0.15) is 6.92 Å². The van der Waals surface area contributed by atoms with Crippen molar-refractivity contribution < 1.29 is 8.78 Å². The van der Waals surface area contributed by atoms with Crippen LogP contribution >= 0.6 is 0 Å². The number of rotatable bonds is 3. The Kier molecular flexibility index (Phi) is 4.38. The minimum absolute atomic E-state index is 0.316. The van der Waals surface area contributed by atoms with Crippen LogP contribution in [-0.2, 0) is 0 Å². The zero-order chi connectivity index (χ0) is 16.4. The van der Waals surface area contributed by atoms with Crippen molar-refractivity contribution in [2.45, 2.75) is 6.92 Å². The molecule has 23 heavy (non-hydrogen) atoms. The molecule has 0 saturated carbocycles. The van der Waals surface area contributed by atoms with E-state index in [2.05, 4.69) is 26.7 Å². The number of anilines is 2. The van der Waals surface area contributed by atoms with Crippen molar-refractivity contribution in [2.24, 2.45) is 0 Å². The van der Waals surface area contributed by atoms with E-state index in [0.29, 0.717) is 22.8 Å². The Bertz CT molecular complexity index is 679. The summed E-state index contributed by atoms with van der Waals surface area (Å²) in [6, 6.07) is 3.27. The zero-order valence-corrected chi connectivity index (χ0v) is 13.0. The highest BCUT2D eigenvalue weighted by atomic mass is 19.1. The van der Waals surface area contributed by atoms with E-state index in [1.54, 1.807) is 0 Å². The van der Waals surface area contributed by atoms with Crippen molar-refractivity contribution in [3.05, 3.63) is 36.2 Å². The Balaban J connectivity index is 1.92. The molecule has 0 aliphatic carbocycles. The van der Waals surface area contributed by atoms with Gasteiger partial charge in [0.1, 0.15) is 23.6 Å². The topological polar surface area (TPSA) is 58.3 Å². The van der Waals surface area contributed by atoms with Crippen LogP contribution in [0.3, 0.4) is 0 Å². The summed E-state index contributed by atoms with van der Waals surface area (Å²) in [4.78, 5) is 12.8. The average molecular weight is 319 g/mol. The van der Waals surface area contributed by atoms with Crippen molar-refractivity contribution in [3.8, 4) is 11.3 Å². The molecule has 0 amide bonds. The summed E-state index contributed by atoms with van der Waals surface area (Å²) >= 11 is 0. The monoisotopic (exact) mass is 319 g/mol. The van der Waals surface area contributed by atoms with Gasteiger partial charge in [0.25, 0.3) is 0 Å². The molecule has 0 unspecified atom stereocenters. The van der Waals surface area contributed by atoms with Gasteiger partial charge in [-0.1, -0.05) is 6.92 Å². The van der Waals surface area contributed by atoms with Crippen LogP contribution in [0.5, 0.6) is 0 Å². The lowest BCUT2D eigenvalue weighted by molar-refractivity contribution is 0.270. The van der Waals surface area contributed by atoms with Crippen LogP contribution in [0.25, 0.3) is 11.3 Å². The molecular formula is C16H19F2N5. The molecule has 2 heterocycles. The maximum atomic E-state index is 13.4. The maximum absolute atomic E-state index is 13.4. The predicted molar refractivity (Wildman–Crippen MR) is 86.1 cm³/mol. The number of nitrogens with two attached hydrogens (primary N) is 1. The third-order valence-corrected chi connectivity index (χ3v) is 4.12. The van der Waals surface area contributed by atoms with Crippen molar-refractivity contribution in [1.82, 2.24) is 14.9 Å². The lowest BCUT2D eigenvalue weighted by atomic mass is 10.1. The smallest absolute Gasteiger partial charge is 0.155 e. The van der Waals surface area contributed by atoms with Crippen LogP contribution < -0.4 is 10.6 Å². The van der Waals surface area contributed by atoms with E-state index in [4.69, 9.17) is 5.73 Å². The number of benzene rings is 1. The largest absolute Gasteiger partial charge is 0.394 e. The molecule has 1 aromatic heterocycles. The molecule has 1 saturated heterocycles. The van der Waals surface area contributed by atoms with E-state index >= 15 is 0 Å². The van der Waals surface area contributed by atoms with Gasteiger partial charge in [0, 0.05) is 37.8 Å². The molecule has 3 rings (SSSR count). The Morgan fingerprint density at radius 1 is 1.04 bits per heavy atom. The summed E-state index contributed by atoms with van der Waals surface area (Å²) in [6.45, 7) is 6.64. The molecule has 2 N–H and O–H groups in total. The molecule has 122 valence electrons. The lowest BCUT2D eigenvalue weighted by Crippen LogP contribution is -2.46. The van der Waals surface area contributed by atoms with Gasteiger partial charge < -0.3 is 15.5 Å². The minimum atomic E-state index is -0.656. The van der Waals surface area contributed by atoms with E-state index in [1.807, 2.05) is 0 Å². The van der Waals surface area contributed by atoms with E-state index in [-0.39, 0.29) is 0 Å². The molecule has 0 radical (unpaired) electrons. The Labute approximate surface area is 133 Å². The molecular weight excluding hydrogens is 300 g/mol. The number of hydrogen-bond donors (Lipinski definition) is 1. The van der Waals surface area contributed by atoms with Crippen LogP contribution in [0.15, 0.2) is 24.5 Å². The summed E-state index contributed by atoms with van der Waals surface area (Å²) in [6.07, 6.45) is 1.38. The third-order valence-electron chi connectivity index (χ3n) is 4.12. The average Bonchev–Trinajstić information content (AvgIpc) is 2.54. The van der Waals surface area contributed by atoms with Crippen LogP contribution in [-0.4, -0.2) is 47.6 Å². The van der Waals surface area contributed by atoms with Crippen molar-refractivity contribution in [1.29, 1.82) is 0 Å². The fraction of sp³-hybridized carbons (Fsp3) is 0.375. The van der Waals surface area contributed by atoms with E-state index in [1.165, 1.54) is 18.5 Å². The number of hydrogen-bond acceptors (Lipinski definition) is 5. The molecule has 2 aromatic rings. The molecule has 1 aliphatic heterocycles. The first-order valence-corrected chi connectivity index (χ1v) is 7.62. The molecule has 1 fully saturated rings. The number of aromatic nitrogens is 2. The predicted octanol–water partition coefficient (Wildman–Crippen LogP) is 2.15. The van der Waals surface area contributed by atoms with E-state index in [9.17, 15) is 8.78 Å². The molecule has 1 aliphatic rings. The standard InChI is InChI=1S/C16H19F2N5/c1-2-22-3-5-23(6-4-22)16-14(19)15(20-10-21-16)11-7-12(17)9-13(18)8-11/h7-10H,2-6,19H2,1H3. The third kappa shape index (κ3) is 3.24. The fourth-order valence-corrected chi connectivity index (χ4v) is 2.83. The van der Waals surface area contributed by atoms with Gasteiger partial charge in [0.05, 0.1) is 5.69 Å². The Hall–Kier alpha value is -2.28. The van der Waals surface area contributed by atoms with Gasteiger partial charge in [-0.2, -0.15) is 0 Å². The first-order valence-electron chi connectivity index (χ1n) is 7.62. The Morgan fingerprint density at radius 2 is 1.70 bits per heavy atom. The first-order chi connectivity index (χ1) is 11.1. The van der Waals surface area contributed by atoms with Crippen LogP contribution in [0, 0.1) is 11.6 Å². The molecule has 1 aromatic carbocycles. The second kappa shape index (κ2) is 6.45.